The summed E-state index contributed by atoms with van der Waals surface area (Å²) in [6.45, 7) is 9.73. The number of ether oxygens (including phenoxy) is 1. The van der Waals surface area contributed by atoms with Gasteiger partial charge in [-0.25, -0.2) is 4.39 Å². The van der Waals surface area contributed by atoms with Crippen LogP contribution in [0.3, 0.4) is 0 Å². The molecular formula is C18H27FN2O2. The summed E-state index contributed by atoms with van der Waals surface area (Å²) in [5, 5.41) is 2.83. The quantitative estimate of drug-likeness (QED) is 0.906. The van der Waals surface area contributed by atoms with Crippen LogP contribution in [0.5, 0.6) is 0 Å². The van der Waals surface area contributed by atoms with Gasteiger partial charge in [0, 0.05) is 26.1 Å². The van der Waals surface area contributed by atoms with E-state index in [4.69, 9.17) is 4.74 Å². The zero-order valence-corrected chi connectivity index (χ0v) is 14.4. The van der Waals surface area contributed by atoms with Gasteiger partial charge in [-0.3, -0.25) is 4.79 Å². The van der Waals surface area contributed by atoms with Crippen LogP contribution < -0.4 is 10.2 Å². The maximum Gasteiger partial charge on any atom is 0.220 e. The highest BCUT2D eigenvalue weighted by Gasteiger charge is 2.24. The fraction of sp³-hybridized carbons (Fsp3) is 0.611. The van der Waals surface area contributed by atoms with Crippen LogP contribution in [0.2, 0.25) is 0 Å². The van der Waals surface area contributed by atoms with E-state index in [1.807, 2.05) is 38.7 Å². The molecule has 0 bridgehead atoms. The number of hydrogen-bond acceptors (Lipinski definition) is 3. The molecule has 1 aliphatic rings. The predicted molar refractivity (Wildman–Crippen MR) is 89.9 cm³/mol. The number of anilines is 1. The van der Waals surface area contributed by atoms with Crippen molar-refractivity contribution in [1.29, 1.82) is 0 Å². The summed E-state index contributed by atoms with van der Waals surface area (Å²) in [7, 11) is 0. The number of halogens is 1. The lowest BCUT2D eigenvalue weighted by Crippen LogP contribution is -2.45. The Kier molecular flexibility index (Phi) is 5.99. The maximum atomic E-state index is 14.4. The van der Waals surface area contributed by atoms with Crippen molar-refractivity contribution in [1.82, 2.24) is 5.32 Å². The van der Waals surface area contributed by atoms with E-state index >= 15 is 0 Å². The van der Waals surface area contributed by atoms with E-state index in [-0.39, 0.29) is 23.9 Å². The molecule has 1 aliphatic heterocycles. The number of rotatable bonds is 5. The Labute approximate surface area is 138 Å². The summed E-state index contributed by atoms with van der Waals surface area (Å²) in [4.78, 5) is 13.7. The average molecular weight is 322 g/mol. The number of carbonyl (C=O) groups excluding carboxylic acids is 1. The Morgan fingerprint density at radius 3 is 2.57 bits per heavy atom. The largest absolute Gasteiger partial charge is 0.372 e. The third-order valence-corrected chi connectivity index (χ3v) is 3.86. The standard InChI is InChI=1S/C18H27FN2O2/c1-12(2)7-18(22)20-9-15-5-6-17(16(19)8-15)21-10-13(3)23-14(4)11-21/h5-6,8,12-14H,7,9-11H2,1-4H3,(H,20,22). The molecule has 5 heteroatoms. The van der Waals surface area contributed by atoms with E-state index in [2.05, 4.69) is 5.32 Å². The molecule has 0 aromatic heterocycles. The van der Waals surface area contributed by atoms with Gasteiger partial charge in [0.1, 0.15) is 5.82 Å². The minimum Gasteiger partial charge on any atom is -0.372 e. The predicted octanol–water partition coefficient (Wildman–Crippen LogP) is 3.10. The second-order valence-electron chi connectivity index (χ2n) is 6.82. The van der Waals surface area contributed by atoms with Gasteiger partial charge in [-0.15, -0.1) is 0 Å². The van der Waals surface area contributed by atoms with Crippen LogP contribution in [0.25, 0.3) is 0 Å². The average Bonchev–Trinajstić information content (AvgIpc) is 2.43. The van der Waals surface area contributed by atoms with E-state index < -0.39 is 0 Å². The van der Waals surface area contributed by atoms with E-state index in [0.29, 0.717) is 37.7 Å². The molecule has 1 aromatic carbocycles. The van der Waals surface area contributed by atoms with Gasteiger partial charge in [-0.05, 0) is 37.5 Å². The van der Waals surface area contributed by atoms with Gasteiger partial charge in [0.15, 0.2) is 0 Å². The van der Waals surface area contributed by atoms with Crippen LogP contribution in [0.4, 0.5) is 10.1 Å². The number of amides is 1. The summed E-state index contributed by atoms with van der Waals surface area (Å²) in [6, 6.07) is 5.18. The second kappa shape index (κ2) is 7.77. The molecule has 4 nitrogen and oxygen atoms in total. The summed E-state index contributed by atoms with van der Waals surface area (Å²) < 4.78 is 20.1. The highest BCUT2D eigenvalue weighted by Crippen LogP contribution is 2.24. The maximum absolute atomic E-state index is 14.4. The Balaban J connectivity index is 1.99. The first-order chi connectivity index (χ1) is 10.8. The van der Waals surface area contributed by atoms with Crippen molar-refractivity contribution in [2.24, 2.45) is 5.92 Å². The van der Waals surface area contributed by atoms with E-state index in [1.165, 1.54) is 6.07 Å². The molecule has 1 amide bonds. The molecule has 23 heavy (non-hydrogen) atoms. The Morgan fingerprint density at radius 1 is 1.35 bits per heavy atom. The van der Waals surface area contributed by atoms with Crippen LogP contribution in [0, 0.1) is 11.7 Å². The van der Waals surface area contributed by atoms with E-state index in [9.17, 15) is 9.18 Å². The van der Waals surface area contributed by atoms with Gasteiger partial charge in [-0.1, -0.05) is 19.9 Å². The normalized spacial score (nSPS) is 21.6. The second-order valence-corrected chi connectivity index (χ2v) is 6.82. The topological polar surface area (TPSA) is 41.6 Å². The van der Waals surface area contributed by atoms with Crippen LogP contribution in [0.15, 0.2) is 18.2 Å². The van der Waals surface area contributed by atoms with E-state index in [0.717, 1.165) is 5.56 Å². The summed E-state index contributed by atoms with van der Waals surface area (Å²) in [5.74, 6) is 0.0710. The van der Waals surface area contributed by atoms with Gasteiger partial charge >= 0.3 is 0 Å². The molecular weight excluding hydrogens is 295 g/mol. The first-order valence-electron chi connectivity index (χ1n) is 8.30. The lowest BCUT2D eigenvalue weighted by atomic mass is 10.1. The molecule has 2 unspecified atom stereocenters. The first-order valence-corrected chi connectivity index (χ1v) is 8.30. The highest BCUT2D eigenvalue weighted by atomic mass is 19.1. The lowest BCUT2D eigenvalue weighted by molar-refractivity contribution is -0.121. The molecule has 128 valence electrons. The van der Waals surface area contributed by atoms with Gasteiger partial charge in [-0.2, -0.15) is 0 Å². The van der Waals surface area contributed by atoms with E-state index in [1.54, 1.807) is 6.07 Å². The molecule has 1 fully saturated rings. The van der Waals surface area contributed by atoms with Gasteiger partial charge in [0.05, 0.1) is 17.9 Å². The van der Waals surface area contributed by atoms with Crippen LogP contribution in [-0.4, -0.2) is 31.2 Å². The Morgan fingerprint density at radius 2 is 2.00 bits per heavy atom. The zero-order chi connectivity index (χ0) is 17.0. The smallest absolute Gasteiger partial charge is 0.220 e. The van der Waals surface area contributed by atoms with Gasteiger partial charge < -0.3 is 15.0 Å². The van der Waals surface area contributed by atoms with Crippen LogP contribution in [-0.2, 0) is 16.1 Å². The number of carbonyl (C=O) groups is 1. The number of nitrogens with one attached hydrogen (secondary N) is 1. The summed E-state index contributed by atoms with van der Waals surface area (Å²) in [6.07, 6.45) is 0.672. The van der Waals surface area contributed by atoms with Crippen molar-refractivity contribution >= 4 is 11.6 Å². The van der Waals surface area contributed by atoms with Crippen molar-refractivity contribution < 1.29 is 13.9 Å². The molecule has 1 saturated heterocycles. The van der Waals surface area contributed by atoms with Crippen molar-refractivity contribution in [2.45, 2.75) is 52.9 Å². The van der Waals surface area contributed by atoms with Crippen LogP contribution >= 0.6 is 0 Å². The Hall–Kier alpha value is -1.62. The summed E-state index contributed by atoms with van der Waals surface area (Å²) >= 11 is 0. The summed E-state index contributed by atoms with van der Waals surface area (Å²) in [5.41, 5.74) is 1.38. The fourth-order valence-electron chi connectivity index (χ4n) is 2.94. The molecule has 2 rings (SSSR count). The number of nitrogens with zero attached hydrogens (tertiary/aromatic N) is 1. The monoisotopic (exact) mass is 322 g/mol. The SMILES string of the molecule is CC(C)CC(=O)NCc1ccc(N2CC(C)OC(C)C2)c(F)c1. The highest BCUT2D eigenvalue weighted by molar-refractivity contribution is 5.76. The molecule has 1 heterocycles. The number of morpholine rings is 1. The molecule has 0 saturated carbocycles. The number of hydrogen-bond donors (Lipinski definition) is 1. The zero-order valence-electron chi connectivity index (χ0n) is 14.4. The molecule has 2 atom stereocenters. The first kappa shape index (κ1) is 17.7. The molecule has 1 N–H and O–H groups in total. The van der Waals surface area contributed by atoms with Crippen molar-refractivity contribution in [3.63, 3.8) is 0 Å². The number of benzene rings is 1. The lowest BCUT2D eigenvalue weighted by Gasteiger charge is -2.37. The molecule has 0 aliphatic carbocycles. The molecule has 0 spiro atoms. The Bertz CT molecular complexity index is 538. The molecule has 0 radical (unpaired) electrons. The van der Waals surface area contributed by atoms with Crippen molar-refractivity contribution in [3.05, 3.63) is 29.6 Å². The van der Waals surface area contributed by atoms with Crippen molar-refractivity contribution in [2.75, 3.05) is 18.0 Å². The van der Waals surface area contributed by atoms with Gasteiger partial charge in [0.25, 0.3) is 0 Å². The third kappa shape index (κ3) is 5.20. The fourth-order valence-corrected chi connectivity index (χ4v) is 2.94. The van der Waals surface area contributed by atoms with Crippen molar-refractivity contribution in [3.8, 4) is 0 Å². The molecule has 1 aromatic rings. The minimum absolute atomic E-state index is 0.000290. The minimum atomic E-state index is -0.248. The third-order valence-electron chi connectivity index (χ3n) is 3.86. The van der Waals surface area contributed by atoms with Gasteiger partial charge in [0.2, 0.25) is 5.91 Å². The van der Waals surface area contributed by atoms with Crippen LogP contribution in [0.1, 0.15) is 39.7 Å².